The van der Waals surface area contributed by atoms with Crippen molar-refractivity contribution in [2.24, 2.45) is 0 Å². The number of hydrogen-bond donors (Lipinski definition) is 2. The predicted octanol–water partition coefficient (Wildman–Crippen LogP) is 2.16. The Morgan fingerprint density at radius 1 is 1.14 bits per heavy atom. The molecule has 0 aliphatic carbocycles. The van der Waals surface area contributed by atoms with Crippen molar-refractivity contribution in [2.45, 2.75) is 44.2 Å². The summed E-state index contributed by atoms with van der Waals surface area (Å²) in [6.45, 7) is 3.04. The van der Waals surface area contributed by atoms with Crippen LogP contribution in [0.15, 0.2) is 30.3 Å². The molecular weight excluding hydrogens is 262 g/mol. The van der Waals surface area contributed by atoms with Crippen molar-refractivity contribution in [2.75, 3.05) is 19.6 Å². The fraction of sp³-hybridized carbons (Fsp3) is 0.588. The number of amides is 2. The van der Waals surface area contributed by atoms with Gasteiger partial charge in [0.15, 0.2) is 0 Å². The van der Waals surface area contributed by atoms with Crippen molar-refractivity contribution >= 4 is 6.03 Å². The molecule has 4 nitrogen and oxygen atoms in total. The van der Waals surface area contributed by atoms with Gasteiger partial charge in [-0.25, -0.2) is 4.79 Å². The van der Waals surface area contributed by atoms with E-state index in [1.165, 1.54) is 31.4 Å². The van der Waals surface area contributed by atoms with E-state index in [1.807, 2.05) is 18.2 Å². The smallest absolute Gasteiger partial charge is 0.315 e. The van der Waals surface area contributed by atoms with Crippen molar-refractivity contribution in [3.63, 3.8) is 0 Å². The van der Waals surface area contributed by atoms with Crippen molar-refractivity contribution in [1.82, 2.24) is 15.5 Å². The van der Waals surface area contributed by atoms with Crippen LogP contribution in [0.1, 0.15) is 31.2 Å². The average Bonchev–Trinajstić information content (AvgIpc) is 2.92. The lowest BCUT2D eigenvalue weighted by atomic mass is 9.99. The quantitative estimate of drug-likeness (QED) is 0.891. The van der Waals surface area contributed by atoms with Gasteiger partial charge in [0.2, 0.25) is 0 Å². The number of nitrogens with zero attached hydrogens (tertiary/aromatic N) is 1. The molecule has 2 unspecified atom stereocenters. The highest BCUT2D eigenvalue weighted by molar-refractivity contribution is 5.74. The molecule has 1 aromatic rings. The van der Waals surface area contributed by atoms with Crippen molar-refractivity contribution in [1.29, 1.82) is 0 Å². The van der Waals surface area contributed by atoms with E-state index in [1.54, 1.807) is 0 Å². The SMILES string of the molecule is O=C(NCCc1ccccc1)NC1CCN2CCCCC12. The van der Waals surface area contributed by atoms with Crippen LogP contribution in [-0.4, -0.2) is 42.6 Å². The first kappa shape index (κ1) is 14.4. The first-order valence-corrected chi connectivity index (χ1v) is 8.15. The molecule has 21 heavy (non-hydrogen) atoms. The number of urea groups is 1. The van der Waals surface area contributed by atoms with Gasteiger partial charge in [-0.3, -0.25) is 4.90 Å². The highest BCUT2D eigenvalue weighted by atomic mass is 16.2. The normalized spacial score (nSPS) is 25.3. The summed E-state index contributed by atoms with van der Waals surface area (Å²) in [6.07, 6.45) is 5.82. The van der Waals surface area contributed by atoms with Gasteiger partial charge in [0, 0.05) is 25.2 Å². The van der Waals surface area contributed by atoms with Gasteiger partial charge < -0.3 is 10.6 Å². The van der Waals surface area contributed by atoms with Crippen LogP contribution >= 0.6 is 0 Å². The van der Waals surface area contributed by atoms with Crippen LogP contribution in [0.25, 0.3) is 0 Å². The molecule has 0 aromatic heterocycles. The van der Waals surface area contributed by atoms with E-state index < -0.39 is 0 Å². The van der Waals surface area contributed by atoms with E-state index in [2.05, 4.69) is 27.7 Å². The zero-order chi connectivity index (χ0) is 14.5. The third-order valence-corrected chi connectivity index (χ3v) is 4.71. The maximum Gasteiger partial charge on any atom is 0.315 e. The number of nitrogens with one attached hydrogen (secondary N) is 2. The number of piperidine rings is 1. The summed E-state index contributed by atoms with van der Waals surface area (Å²) in [7, 11) is 0. The molecule has 2 atom stereocenters. The van der Waals surface area contributed by atoms with E-state index in [9.17, 15) is 4.79 Å². The first-order valence-electron chi connectivity index (χ1n) is 8.15. The summed E-state index contributed by atoms with van der Waals surface area (Å²) in [5.41, 5.74) is 1.26. The Kier molecular flexibility index (Phi) is 4.76. The van der Waals surface area contributed by atoms with Gasteiger partial charge in [0.25, 0.3) is 0 Å². The third-order valence-electron chi connectivity index (χ3n) is 4.71. The molecular formula is C17H25N3O. The summed E-state index contributed by atoms with van der Waals surface area (Å²) in [4.78, 5) is 14.6. The Balaban J connectivity index is 1.40. The molecule has 2 N–H and O–H groups in total. The molecule has 114 valence electrons. The van der Waals surface area contributed by atoms with Crippen LogP contribution < -0.4 is 10.6 Å². The predicted molar refractivity (Wildman–Crippen MR) is 84.3 cm³/mol. The van der Waals surface area contributed by atoms with E-state index in [0.717, 1.165) is 19.4 Å². The Morgan fingerprint density at radius 3 is 2.86 bits per heavy atom. The lowest BCUT2D eigenvalue weighted by Gasteiger charge is -2.32. The van der Waals surface area contributed by atoms with Crippen molar-refractivity contribution in [3.8, 4) is 0 Å². The minimum absolute atomic E-state index is 0.0108. The van der Waals surface area contributed by atoms with Gasteiger partial charge >= 0.3 is 6.03 Å². The minimum atomic E-state index is -0.0108. The third kappa shape index (κ3) is 3.76. The van der Waals surface area contributed by atoms with Crippen LogP contribution in [0.3, 0.4) is 0 Å². The summed E-state index contributed by atoms with van der Waals surface area (Å²) in [6, 6.07) is 11.2. The molecule has 2 aliphatic heterocycles. The molecule has 0 bridgehead atoms. The van der Waals surface area contributed by atoms with Gasteiger partial charge in [-0.2, -0.15) is 0 Å². The zero-order valence-electron chi connectivity index (χ0n) is 12.6. The first-order chi connectivity index (χ1) is 10.3. The summed E-state index contributed by atoms with van der Waals surface area (Å²) >= 11 is 0. The molecule has 1 aromatic carbocycles. The second-order valence-corrected chi connectivity index (χ2v) is 6.13. The molecule has 0 radical (unpaired) electrons. The largest absolute Gasteiger partial charge is 0.338 e. The second kappa shape index (κ2) is 6.94. The van der Waals surface area contributed by atoms with Crippen LogP contribution in [0.4, 0.5) is 4.79 Å². The van der Waals surface area contributed by atoms with Gasteiger partial charge in [-0.05, 0) is 37.8 Å². The number of hydrogen-bond acceptors (Lipinski definition) is 2. The van der Waals surface area contributed by atoms with Gasteiger partial charge in [0.05, 0.1) is 0 Å². The summed E-state index contributed by atoms with van der Waals surface area (Å²) in [5.74, 6) is 0. The maximum absolute atomic E-state index is 12.0. The van der Waals surface area contributed by atoms with Gasteiger partial charge in [-0.15, -0.1) is 0 Å². The Labute approximate surface area is 126 Å². The van der Waals surface area contributed by atoms with E-state index in [0.29, 0.717) is 18.6 Å². The number of rotatable bonds is 4. The van der Waals surface area contributed by atoms with E-state index in [4.69, 9.17) is 0 Å². The molecule has 3 rings (SSSR count). The number of carbonyl (C=O) groups is 1. The van der Waals surface area contributed by atoms with Gasteiger partial charge in [-0.1, -0.05) is 36.8 Å². The molecule has 2 heterocycles. The van der Waals surface area contributed by atoms with Crippen molar-refractivity contribution in [3.05, 3.63) is 35.9 Å². The number of fused-ring (bicyclic) bond motifs is 1. The molecule has 2 amide bonds. The zero-order valence-corrected chi connectivity index (χ0v) is 12.6. The van der Waals surface area contributed by atoms with Crippen LogP contribution in [0.5, 0.6) is 0 Å². The highest BCUT2D eigenvalue weighted by Gasteiger charge is 2.36. The molecule has 0 saturated carbocycles. The van der Waals surface area contributed by atoms with Gasteiger partial charge in [0.1, 0.15) is 0 Å². The second-order valence-electron chi connectivity index (χ2n) is 6.13. The van der Waals surface area contributed by atoms with E-state index >= 15 is 0 Å². The van der Waals surface area contributed by atoms with Crippen LogP contribution in [-0.2, 0) is 6.42 Å². The standard InChI is InChI=1S/C17H25N3O/c21-17(18-11-9-14-6-2-1-3-7-14)19-15-10-13-20-12-5-4-8-16(15)20/h1-3,6-7,15-16H,4-5,8-13H2,(H2,18,19,21). The topological polar surface area (TPSA) is 44.4 Å². The fourth-order valence-corrected chi connectivity index (χ4v) is 3.60. The molecule has 2 saturated heterocycles. The molecule has 2 fully saturated rings. The molecule has 2 aliphatic rings. The Hall–Kier alpha value is -1.55. The monoisotopic (exact) mass is 287 g/mol. The fourth-order valence-electron chi connectivity index (χ4n) is 3.60. The summed E-state index contributed by atoms with van der Waals surface area (Å²) < 4.78 is 0. The summed E-state index contributed by atoms with van der Waals surface area (Å²) in [5, 5.41) is 6.16. The van der Waals surface area contributed by atoms with Crippen molar-refractivity contribution < 1.29 is 4.79 Å². The number of carbonyl (C=O) groups excluding carboxylic acids is 1. The lowest BCUT2D eigenvalue weighted by Crippen LogP contribution is -2.49. The lowest BCUT2D eigenvalue weighted by molar-refractivity contribution is 0.179. The minimum Gasteiger partial charge on any atom is -0.338 e. The number of benzene rings is 1. The highest BCUT2D eigenvalue weighted by Crippen LogP contribution is 2.26. The molecule has 0 spiro atoms. The maximum atomic E-state index is 12.0. The molecule has 4 heteroatoms. The van der Waals surface area contributed by atoms with Crippen LogP contribution in [0, 0.1) is 0 Å². The van der Waals surface area contributed by atoms with E-state index in [-0.39, 0.29) is 6.03 Å². The van der Waals surface area contributed by atoms with Crippen LogP contribution in [0.2, 0.25) is 0 Å². The Bertz CT molecular complexity index is 462. The average molecular weight is 287 g/mol. The Morgan fingerprint density at radius 2 is 2.00 bits per heavy atom.